The number of nitrogens with zero attached hydrogens (tertiary/aromatic N) is 4. The predicted octanol–water partition coefficient (Wildman–Crippen LogP) is 0.398. The molecule has 0 aromatic heterocycles. The Balaban J connectivity index is 3.75. The van der Waals surface area contributed by atoms with Crippen LogP contribution in [0.25, 0.3) is 0 Å². The summed E-state index contributed by atoms with van der Waals surface area (Å²) in [7, 11) is 0. The number of esters is 3. The topological polar surface area (TPSA) is 249 Å². The number of ether oxygens (including phenoxy) is 6. The van der Waals surface area contributed by atoms with E-state index in [1.807, 2.05) is 20.8 Å². The Labute approximate surface area is 352 Å². The van der Waals surface area contributed by atoms with Crippen molar-refractivity contribution in [1.29, 1.82) is 0 Å². The normalized spacial score (nSPS) is 12.7. The third-order valence-electron chi connectivity index (χ3n) is 7.58. The van der Waals surface area contributed by atoms with Gasteiger partial charge in [-0.1, -0.05) is 40.5 Å². The summed E-state index contributed by atoms with van der Waals surface area (Å²) in [5.41, 5.74) is 0.647. The van der Waals surface area contributed by atoms with Gasteiger partial charge in [-0.25, -0.2) is 24.4 Å². The van der Waals surface area contributed by atoms with E-state index in [1.165, 1.54) is 30.6 Å². The highest BCUT2D eigenvalue weighted by atomic mass is 16.6. The first kappa shape index (κ1) is 52.6. The molecule has 0 atom stereocenters. The molecule has 5 N–H and O–H groups in total. The number of carbonyl (C=O) groups is 6. The summed E-state index contributed by atoms with van der Waals surface area (Å²) in [4.78, 5) is 88.2. The number of rotatable bonds is 31. The summed E-state index contributed by atoms with van der Waals surface area (Å²) in [5, 5.41) is 14.6. The molecule has 0 radical (unpaired) electrons. The molecule has 0 spiro atoms. The first-order valence-corrected chi connectivity index (χ1v) is 19.8. The van der Waals surface area contributed by atoms with Crippen molar-refractivity contribution in [2.75, 3.05) is 92.6 Å². The van der Waals surface area contributed by atoms with E-state index in [0.717, 1.165) is 0 Å². The van der Waals surface area contributed by atoms with Crippen LogP contribution in [-0.2, 0) is 57.2 Å². The van der Waals surface area contributed by atoms with Crippen LogP contribution in [0.4, 0.5) is 0 Å². The molecular weight excluding hydrogens is 786 g/mol. The average molecular weight is 852 g/mol. The molecule has 0 bridgehead atoms. The summed E-state index contributed by atoms with van der Waals surface area (Å²) in [6.45, 7) is 20.1. The first-order valence-electron chi connectivity index (χ1n) is 19.8. The minimum Gasteiger partial charge on any atom is -0.460 e. The second-order valence-electron chi connectivity index (χ2n) is 13.5. The molecule has 338 valence electrons. The Morgan fingerprint density at radius 1 is 0.583 bits per heavy atom. The Morgan fingerprint density at radius 3 is 1.32 bits per heavy atom. The van der Waals surface area contributed by atoms with Gasteiger partial charge in [-0.15, -0.1) is 0 Å². The van der Waals surface area contributed by atoms with Crippen LogP contribution >= 0.6 is 0 Å². The van der Waals surface area contributed by atoms with Gasteiger partial charge in [0.1, 0.15) is 46.4 Å². The zero-order valence-corrected chi connectivity index (χ0v) is 36.0. The van der Waals surface area contributed by atoms with Crippen molar-refractivity contribution >= 4 is 47.5 Å². The molecule has 0 aliphatic carbocycles. The fourth-order valence-electron chi connectivity index (χ4n) is 4.49. The molecule has 0 unspecified atom stereocenters. The van der Waals surface area contributed by atoms with Gasteiger partial charge < -0.3 is 54.2 Å². The van der Waals surface area contributed by atoms with E-state index >= 15 is 0 Å². The van der Waals surface area contributed by atoms with Gasteiger partial charge in [-0.3, -0.25) is 25.0 Å². The summed E-state index contributed by atoms with van der Waals surface area (Å²) in [6.07, 6.45) is 1.58. The minimum atomic E-state index is -1.84. The highest BCUT2D eigenvalue weighted by molar-refractivity contribution is 6.02. The SMILES string of the molecule is C=C(C)C(=O)OCCOCNC1(CC(=O)NCCC)N=C(N(COCCOC(=O)C(=C)C)CC(=O)NCCC)NC(N(COCCOC(=O)C(=C)C)CC(=O)NCCC)=N1. The lowest BCUT2D eigenvalue weighted by atomic mass is 10.2. The molecule has 3 amide bonds. The monoisotopic (exact) mass is 851 g/mol. The Hall–Kier alpha value is -5.38. The van der Waals surface area contributed by atoms with Crippen molar-refractivity contribution in [2.45, 2.75) is 73.0 Å². The van der Waals surface area contributed by atoms with E-state index in [0.29, 0.717) is 38.9 Å². The number of nitrogens with one attached hydrogen (secondary N) is 5. The van der Waals surface area contributed by atoms with Crippen LogP contribution in [0, 0.1) is 0 Å². The maximum absolute atomic E-state index is 13.5. The molecule has 0 aromatic carbocycles. The lowest BCUT2D eigenvalue weighted by Crippen LogP contribution is -2.61. The minimum absolute atomic E-state index is 0.00823. The average Bonchev–Trinajstić information content (AvgIpc) is 3.20. The number of carbonyl (C=O) groups excluding carboxylic acids is 6. The summed E-state index contributed by atoms with van der Waals surface area (Å²) in [5.74, 6) is -4.86. The molecule has 21 nitrogen and oxygen atoms in total. The van der Waals surface area contributed by atoms with Crippen LogP contribution in [0.1, 0.15) is 67.2 Å². The lowest BCUT2D eigenvalue weighted by molar-refractivity contribution is -0.141. The number of aliphatic imine (C=N–C) groups is 2. The Kier molecular flexibility index (Phi) is 26.1. The molecule has 1 heterocycles. The van der Waals surface area contributed by atoms with Crippen LogP contribution in [0.3, 0.4) is 0 Å². The molecule has 0 saturated carbocycles. The van der Waals surface area contributed by atoms with Crippen LogP contribution in [0.5, 0.6) is 0 Å². The van der Waals surface area contributed by atoms with Crippen LogP contribution in [-0.4, -0.2) is 156 Å². The molecule has 60 heavy (non-hydrogen) atoms. The van der Waals surface area contributed by atoms with Crippen molar-refractivity contribution in [3.05, 3.63) is 36.5 Å². The van der Waals surface area contributed by atoms with Gasteiger partial charge in [0.25, 0.3) is 0 Å². The zero-order valence-electron chi connectivity index (χ0n) is 36.0. The van der Waals surface area contributed by atoms with Gasteiger partial charge in [0, 0.05) is 36.4 Å². The first-order chi connectivity index (χ1) is 28.6. The molecule has 0 saturated heterocycles. The smallest absolute Gasteiger partial charge is 0.333 e. The second-order valence-corrected chi connectivity index (χ2v) is 13.5. The predicted molar refractivity (Wildman–Crippen MR) is 222 cm³/mol. The number of hydrogen-bond donors (Lipinski definition) is 5. The van der Waals surface area contributed by atoms with Crippen molar-refractivity contribution in [3.8, 4) is 0 Å². The van der Waals surface area contributed by atoms with Crippen molar-refractivity contribution in [2.24, 2.45) is 9.98 Å². The maximum Gasteiger partial charge on any atom is 0.333 e. The quantitative estimate of drug-likeness (QED) is 0.0208. The Morgan fingerprint density at radius 2 is 0.950 bits per heavy atom. The summed E-state index contributed by atoms with van der Waals surface area (Å²) < 4.78 is 32.8. The molecule has 0 fully saturated rings. The standard InChI is InChI=1S/C39H65N9O12/c1-10-13-40-31(49)22-39(43-25-55-16-19-58-34(52)28(4)5)45-37(47(23-32(50)41-14-11-2)26-56-17-20-59-35(53)29(6)7)44-38(46-39)48(24-33(51)42-15-12-3)27-57-18-21-60-36(54)30(8)9/h43H,4,6,8,10-27H2,1-3,5,7,9H3,(H,40,49)(H,41,50)(H,42,51)(H,44,45,46). The van der Waals surface area contributed by atoms with Crippen LogP contribution in [0.2, 0.25) is 0 Å². The summed E-state index contributed by atoms with van der Waals surface area (Å²) >= 11 is 0. The van der Waals surface area contributed by atoms with E-state index in [9.17, 15) is 28.8 Å². The van der Waals surface area contributed by atoms with E-state index in [1.54, 1.807) is 0 Å². The molecule has 1 aliphatic rings. The molecule has 0 aromatic rings. The van der Waals surface area contributed by atoms with Gasteiger partial charge in [0.15, 0.2) is 0 Å². The van der Waals surface area contributed by atoms with E-state index in [-0.39, 0.29) is 102 Å². The van der Waals surface area contributed by atoms with E-state index < -0.39 is 47.8 Å². The van der Waals surface area contributed by atoms with Gasteiger partial charge >= 0.3 is 17.9 Å². The summed E-state index contributed by atoms with van der Waals surface area (Å²) in [6, 6.07) is 0. The number of amides is 3. The number of hydrogen-bond acceptors (Lipinski definition) is 18. The zero-order chi connectivity index (χ0) is 44.9. The van der Waals surface area contributed by atoms with Crippen molar-refractivity contribution < 1.29 is 57.2 Å². The van der Waals surface area contributed by atoms with Crippen molar-refractivity contribution in [3.63, 3.8) is 0 Å². The largest absolute Gasteiger partial charge is 0.460 e. The van der Waals surface area contributed by atoms with Gasteiger partial charge in [0.2, 0.25) is 35.4 Å². The van der Waals surface area contributed by atoms with Gasteiger partial charge in [-0.05, 0) is 40.0 Å². The molecule has 21 heteroatoms. The molecule has 1 rings (SSSR count). The molecular formula is C39H65N9O12. The molecule has 1 aliphatic heterocycles. The fraction of sp³-hybridized carbons (Fsp3) is 0.641. The van der Waals surface area contributed by atoms with Gasteiger partial charge in [0.05, 0.1) is 33.0 Å². The lowest BCUT2D eigenvalue weighted by Gasteiger charge is -2.38. The van der Waals surface area contributed by atoms with E-state index in [4.69, 9.17) is 38.4 Å². The van der Waals surface area contributed by atoms with E-state index in [2.05, 4.69) is 46.3 Å². The van der Waals surface area contributed by atoms with Crippen LogP contribution in [0.15, 0.2) is 46.4 Å². The maximum atomic E-state index is 13.5. The third-order valence-corrected chi connectivity index (χ3v) is 7.58. The Bertz CT molecular complexity index is 1460. The van der Waals surface area contributed by atoms with Gasteiger partial charge in [-0.2, -0.15) is 0 Å². The number of guanidine groups is 2. The highest BCUT2D eigenvalue weighted by Gasteiger charge is 2.39. The van der Waals surface area contributed by atoms with Crippen molar-refractivity contribution in [1.82, 2.24) is 36.4 Å². The van der Waals surface area contributed by atoms with Crippen LogP contribution < -0.4 is 26.6 Å². The highest BCUT2D eigenvalue weighted by Crippen LogP contribution is 2.21. The third kappa shape index (κ3) is 22.1. The second kappa shape index (κ2) is 29.8. The fourth-order valence-corrected chi connectivity index (χ4v) is 4.49.